The molecule has 0 aliphatic carbocycles. The van der Waals surface area contributed by atoms with Crippen molar-refractivity contribution >= 4 is 12.0 Å². The zero-order valence-corrected chi connectivity index (χ0v) is 22.0. The zero-order valence-electron chi connectivity index (χ0n) is 21.2. The van der Waals surface area contributed by atoms with Crippen LogP contribution in [0.3, 0.4) is 0 Å². The molecule has 9 heteroatoms. The Balaban J connectivity index is 2.67. The fourth-order valence-electron chi connectivity index (χ4n) is 4.13. The Morgan fingerprint density at radius 2 is 1.09 bits per heavy atom. The maximum absolute atomic E-state index is 14.4. The van der Waals surface area contributed by atoms with Gasteiger partial charge in [-0.2, -0.15) is 8.78 Å². The van der Waals surface area contributed by atoms with Gasteiger partial charge in [-0.1, -0.05) is 109 Å². The first-order valence-electron chi connectivity index (χ1n) is 13.1. The summed E-state index contributed by atoms with van der Waals surface area (Å²) in [6.45, 7) is 4.35. The van der Waals surface area contributed by atoms with Crippen molar-refractivity contribution in [3.05, 3.63) is 23.3 Å². The second-order valence-electron chi connectivity index (χ2n) is 9.14. The molecule has 0 saturated carbocycles. The molecule has 204 valence electrons. The fraction of sp³-hybridized carbons (Fsp3) is 0.769. The van der Waals surface area contributed by atoms with Crippen LogP contribution in [0, 0.1) is 29.2 Å². The van der Waals surface area contributed by atoms with E-state index < -0.39 is 33.9 Å². The second kappa shape index (κ2) is 20.1. The van der Waals surface area contributed by atoms with Crippen molar-refractivity contribution < 1.29 is 36.9 Å². The molecule has 1 N–H and O–H groups in total. The molecule has 0 bridgehead atoms. The third kappa shape index (κ3) is 12.7. The number of halogens is 4. The molecule has 0 radical (unpaired) electrons. The Labute approximate surface area is 212 Å². The van der Waals surface area contributed by atoms with Crippen LogP contribution in [-0.2, 0) is 9.37 Å². The quantitative estimate of drug-likeness (QED) is 0.0407. The Morgan fingerprint density at radius 1 is 0.657 bits per heavy atom. The van der Waals surface area contributed by atoms with Gasteiger partial charge in [-0.15, -0.1) is 4.33 Å². The maximum Gasteiger partial charge on any atom is 0.205 e. The minimum absolute atomic E-state index is 0.0130. The highest BCUT2D eigenvalue weighted by molar-refractivity contribution is 7.94. The van der Waals surface area contributed by atoms with Crippen molar-refractivity contribution in [3.63, 3.8) is 0 Å². The van der Waals surface area contributed by atoms with Crippen molar-refractivity contribution in [2.45, 2.75) is 121 Å². The fourth-order valence-corrected chi connectivity index (χ4v) is 4.56. The third-order valence-corrected chi connectivity index (χ3v) is 6.88. The Bertz CT molecular complexity index is 665. The Morgan fingerprint density at radius 3 is 1.51 bits per heavy atom. The predicted octanol–water partition coefficient (Wildman–Crippen LogP) is 9.95. The van der Waals surface area contributed by atoms with Crippen LogP contribution in [0.25, 0.3) is 0 Å². The van der Waals surface area contributed by atoms with Gasteiger partial charge in [-0.3, -0.25) is 0 Å². The number of benzene rings is 1. The molecule has 0 aromatic heterocycles. The Kier molecular flexibility index (Phi) is 18.4. The zero-order chi connectivity index (χ0) is 25.9. The highest BCUT2D eigenvalue weighted by Crippen LogP contribution is 2.36. The summed E-state index contributed by atoms with van der Waals surface area (Å²) in [5.74, 6) is -7.64. The molecule has 1 atom stereocenters. The molecule has 0 heterocycles. The third-order valence-electron chi connectivity index (χ3n) is 6.23. The van der Waals surface area contributed by atoms with Crippen molar-refractivity contribution in [1.29, 1.82) is 0 Å². The standard InChI is InChI=1S/C26H42F4O4S/c1-3-5-7-9-11-12-14-16-18-20(17-15-13-10-8-6-4-2)19-32-25-21(27)23(29)26(35-34-33-31)24(30)22(25)28/h20,31H,3-19H2,1-2H3. The van der Waals surface area contributed by atoms with Gasteiger partial charge in [0.15, 0.2) is 17.4 Å². The first-order valence-corrected chi connectivity index (χ1v) is 13.8. The lowest BCUT2D eigenvalue weighted by Crippen LogP contribution is -2.15. The van der Waals surface area contributed by atoms with E-state index in [2.05, 4.69) is 23.2 Å². The van der Waals surface area contributed by atoms with Gasteiger partial charge in [0, 0.05) is 0 Å². The number of unbranched alkanes of at least 4 members (excludes halogenated alkanes) is 12. The number of rotatable bonds is 22. The van der Waals surface area contributed by atoms with Crippen LogP contribution in [0.5, 0.6) is 5.75 Å². The average molecular weight is 527 g/mol. The van der Waals surface area contributed by atoms with Gasteiger partial charge in [-0.25, -0.2) is 14.0 Å². The van der Waals surface area contributed by atoms with Crippen molar-refractivity contribution in [2.24, 2.45) is 5.92 Å². The Hall–Kier alpha value is -1.03. The van der Waals surface area contributed by atoms with E-state index in [1.807, 2.05) is 0 Å². The largest absolute Gasteiger partial charge is 0.487 e. The van der Waals surface area contributed by atoms with Crippen molar-refractivity contribution in [3.8, 4) is 5.75 Å². The van der Waals surface area contributed by atoms with E-state index in [-0.39, 0.29) is 24.6 Å². The van der Waals surface area contributed by atoms with E-state index in [4.69, 9.17) is 9.99 Å². The van der Waals surface area contributed by atoms with Crippen LogP contribution in [0.2, 0.25) is 0 Å². The summed E-state index contributed by atoms with van der Waals surface area (Å²) in [4.78, 5) is -1.11. The number of hydrogen-bond acceptors (Lipinski definition) is 5. The van der Waals surface area contributed by atoms with Crippen LogP contribution in [0.4, 0.5) is 17.6 Å². The normalized spacial score (nSPS) is 12.3. The van der Waals surface area contributed by atoms with E-state index in [0.717, 1.165) is 51.4 Å². The van der Waals surface area contributed by atoms with Crippen LogP contribution < -0.4 is 4.74 Å². The highest BCUT2D eigenvalue weighted by atomic mass is 32.2. The van der Waals surface area contributed by atoms with Crippen LogP contribution in [0.15, 0.2) is 4.90 Å². The van der Waals surface area contributed by atoms with Gasteiger partial charge in [0.05, 0.1) is 18.6 Å². The van der Waals surface area contributed by atoms with Crippen molar-refractivity contribution in [2.75, 3.05) is 6.61 Å². The SMILES string of the molecule is CCCCCCCCCCC(CCCCCCCC)COc1c(F)c(F)c(SOOO)c(F)c1F. The van der Waals surface area contributed by atoms with Crippen molar-refractivity contribution in [1.82, 2.24) is 0 Å². The molecular formula is C26H42F4O4S. The first kappa shape index (κ1) is 32.0. The average Bonchev–Trinajstić information content (AvgIpc) is 2.85. The van der Waals surface area contributed by atoms with Crippen LogP contribution in [-0.4, -0.2) is 11.9 Å². The van der Waals surface area contributed by atoms with Gasteiger partial charge in [0.2, 0.25) is 11.6 Å². The summed E-state index contributed by atoms with van der Waals surface area (Å²) < 4.78 is 66.4. The lowest BCUT2D eigenvalue weighted by atomic mass is 9.94. The number of hydrogen-bond donors (Lipinski definition) is 1. The second-order valence-corrected chi connectivity index (χ2v) is 9.85. The summed E-state index contributed by atoms with van der Waals surface area (Å²) in [5.41, 5.74) is 0. The summed E-state index contributed by atoms with van der Waals surface area (Å²) in [5, 5.41) is 11.4. The minimum atomic E-state index is -1.67. The topological polar surface area (TPSA) is 47.9 Å². The van der Waals surface area contributed by atoms with E-state index in [1.54, 1.807) is 0 Å². The minimum Gasteiger partial charge on any atom is -0.487 e. The highest BCUT2D eigenvalue weighted by Gasteiger charge is 2.28. The molecule has 1 unspecified atom stereocenters. The van der Waals surface area contributed by atoms with Gasteiger partial charge in [0.25, 0.3) is 0 Å². The molecule has 35 heavy (non-hydrogen) atoms. The van der Waals surface area contributed by atoms with E-state index >= 15 is 0 Å². The first-order chi connectivity index (χ1) is 17.0. The molecule has 0 aliphatic rings. The van der Waals surface area contributed by atoms with Gasteiger partial charge in [0.1, 0.15) is 4.90 Å². The smallest absolute Gasteiger partial charge is 0.205 e. The van der Waals surface area contributed by atoms with Gasteiger partial charge >= 0.3 is 0 Å². The maximum atomic E-state index is 14.4. The summed E-state index contributed by atoms with van der Waals surface area (Å²) in [6, 6.07) is 0. The lowest BCUT2D eigenvalue weighted by Gasteiger charge is -2.19. The molecule has 1 aromatic carbocycles. The van der Waals surface area contributed by atoms with Crippen LogP contribution >= 0.6 is 12.0 Å². The van der Waals surface area contributed by atoms with E-state index in [1.165, 1.54) is 51.4 Å². The molecule has 0 aliphatic heterocycles. The molecule has 0 fully saturated rings. The molecule has 1 aromatic rings. The molecule has 0 amide bonds. The van der Waals surface area contributed by atoms with Gasteiger partial charge in [-0.05, 0) is 18.8 Å². The predicted molar refractivity (Wildman–Crippen MR) is 131 cm³/mol. The summed E-state index contributed by atoms with van der Waals surface area (Å²) >= 11 is -0.182. The number of ether oxygens (including phenoxy) is 1. The molecule has 0 spiro atoms. The van der Waals surface area contributed by atoms with Crippen LogP contribution in [0.1, 0.15) is 117 Å². The monoisotopic (exact) mass is 526 g/mol. The molecule has 4 nitrogen and oxygen atoms in total. The lowest BCUT2D eigenvalue weighted by molar-refractivity contribution is -0.432. The summed E-state index contributed by atoms with van der Waals surface area (Å²) in [7, 11) is 0. The van der Waals surface area contributed by atoms with Gasteiger partial charge < -0.3 is 4.74 Å². The van der Waals surface area contributed by atoms with E-state index in [0.29, 0.717) is 0 Å². The molecular weight excluding hydrogens is 484 g/mol. The molecule has 0 saturated heterocycles. The molecule has 1 rings (SSSR count). The van der Waals surface area contributed by atoms with E-state index in [9.17, 15) is 17.6 Å². The summed E-state index contributed by atoms with van der Waals surface area (Å²) in [6.07, 6.45) is 17.9.